The van der Waals surface area contributed by atoms with Gasteiger partial charge in [-0.1, -0.05) is 18.2 Å². The highest BCUT2D eigenvalue weighted by atomic mass is 19.4. The number of hydrogen-bond donors (Lipinski definition) is 1. The van der Waals surface area contributed by atoms with E-state index < -0.39 is 23.8 Å². The predicted molar refractivity (Wildman–Crippen MR) is 93.2 cm³/mol. The lowest BCUT2D eigenvalue weighted by Crippen LogP contribution is -2.31. The number of benzene rings is 2. The van der Waals surface area contributed by atoms with Gasteiger partial charge in [-0.2, -0.15) is 13.2 Å². The van der Waals surface area contributed by atoms with Crippen LogP contribution in [0.3, 0.4) is 0 Å². The maximum absolute atomic E-state index is 13.0. The molecule has 2 aromatic rings. The normalized spacial score (nSPS) is 15.1. The van der Waals surface area contributed by atoms with Crippen molar-refractivity contribution < 1.29 is 22.7 Å². The summed E-state index contributed by atoms with van der Waals surface area (Å²) in [6, 6.07) is 10.6. The molecule has 138 valence electrons. The average molecular weight is 363 g/mol. The third-order valence-electron chi connectivity index (χ3n) is 4.49. The highest BCUT2D eigenvalue weighted by Gasteiger charge is 2.34. The van der Waals surface area contributed by atoms with E-state index in [2.05, 4.69) is 5.32 Å². The van der Waals surface area contributed by atoms with Crippen LogP contribution in [0.15, 0.2) is 42.5 Å². The van der Waals surface area contributed by atoms with E-state index in [1.807, 2.05) is 12.1 Å². The summed E-state index contributed by atoms with van der Waals surface area (Å²) in [7, 11) is 0. The summed E-state index contributed by atoms with van der Waals surface area (Å²) >= 11 is 0. The fraction of sp³-hybridized carbons (Fsp3) is 0.350. The second-order valence-electron chi connectivity index (χ2n) is 6.43. The minimum absolute atomic E-state index is 0.272. The van der Waals surface area contributed by atoms with Crippen LogP contribution in [0.4, 0.5) is 18.9 Å². The zero-order chi connectivity index (χ0) is 18.7. The van der Waals surface area contributed by atoms with E-state index in [9.17, 15) is 18.0 Å². The molecule has 1 aliphatic rings. The Labute approximate surface area is 150 Å². The van der Waals surface area contributed by atoms with Crippen LogP contribution >= 0.6 is 0 Å². The van der Waals surface area contributed by atoms with Gasteiger partial charge in [0, 0.05) is 0 Å². The molecule has 0 spiro atoms. The number of nitrogens with one attached hydrogen (secondary N) is 1. The lowest BCUT2D eigenvalue weighted by atomic mass is 9.92. The van der Waals surface area contributed by atoms with Crippen molar-refractivity contribution in [2.24, 2.45) is 0 Å². The van der Waals surface area contributed by atoms with Crippen molar-refractivity contribution in [3.05, 3.63) is 59.2 Å². The largest absolute Gasteiger partial charge is 0.481 e. The number of rotatable bonds is 4. The molecule has 2 aromatic carbocycles. The molecule has 0 unspecified atom stereocenters. The second kappa shape index (κ2) is 7.40. The smallest absolute Gasteiger partial charge is 0.418 e. The fourth-order valence-corrected chi connectivity index (χ4v) is 3.11. The lowest BCUT2D eigenvalue weighted by molar-refractivity contribution is -0.137. The summed E-state index contributed by atoms with van der Waals surface area (Å²) in [5.74, 6) is -0.0724. The second-order valence-corrected chi connectivity index (χ2v) is 6.43. The van der Waals surface area contributed by atoms with E-state index in [1.54, 1.807) is 6.07 Å². The summed E-state index contributed by atoms with van der Waals surface area (Å²) in [5.41, 5.74) is 1.35. The Hall–Kier alpha value is -2.50. The van der Waals surface area contributed by atoms with Gasteiger partial charge >= 0.3 is 6.18 Å². The van der Waals surface area contributed by atoms with Gasteiger partial charge in [0.05, 0.1) is 11.3 Å². The number of anilines is 1. The molecule has 1 aliphatic carbocycles. The SMILES string of the molecule is C[C@@H](Oc1ccc2c(c1)CCCC2)C(=O)Nc1ccccc1C(F)(F)F. The van der Waals surface area contributed by atoms with Gasteiger partial charge < -0.3 is 10.1 Å². The third-order valence-corrected chi connectivity index (χ3v) is 4.49. The predicted octanol–water partition coefficient (Wildman–Crippen LogP) is 4.99. The van der Waals surface area contributed by atoms with Crippen LogP contribution in [-0.4, -0.2) is 12.0 Å². The molecular weight excluding hydrogens is 343 g/mol. The third kappa shape index (κ3) is 4.18. The number of carbonyl (C=O) groups is 1. The van der Waals surface area contributed by atoms with Crippen molar-refractivity contribution in [2.75, 3.05) is 5.32 Å². The molecule has 0 saturated heterocycles. The average Bonchev–Trinajstić information content (AvgIpc) is 2.61. The van der Waals surface area contributed by atoms with Gasteiger partial charge in [-0.15, -0.1) is 0 Å². The number of carbonyl (C=O) groups excluding carboxylic acids is 1. The van der Waals surface area contributed by atoms with Gasteiger partial charge in [0.15, 0.2) is 6.10 Å². The molecule has 0 radical (unpaired) electrons. The molecule has 0 aromatic heterocycles. The van der Waals surface area contributed by atoms with Gasteiger partial charge in [-0.05, 0) is 68.0 Å². The molecule has 0 saturated carbocycles. The van der Waals surface area contributed by atoms with Gasteiger partial charge in [0.2, 0.25) is 0 Å². The van der Waals surface area contributed by atoms with Gasteiger partial charge in [0.25, 0.3) is 5.91 Å². The summed E-state index contributed by atoms with van der Waals surface area (Å²) < 4.78 is 44.7. The van der Waals surface area contributed by atoms with E-state index >= 15 is 0 Å². The summed E-state index contributed by atoms with van der Waals surface area (Å²) in [4.78, 5) is 12.3. The summed E-state index contributed by atoms with van der Waals surface area (Å²) in [6.45, 7) is 1.52. The maximum Gasteiger partial charge on any atom is 0.418 e. The number of amides is 1. The van der Waals surface area contributed by atoms with Crippen molar-refractivity contribution in [3.63, 3.8) is 0 Å². The first-order valence-electron chi connectivity index (χ1n) is 8.60. The molecule has 26 heavy (non-hydrogen) atoms. The highest BCUT2D eigenvalue weighted by molar-refractivity contribution is 5.94. The Balaban J connectivity index is 1.69. The molecule has 0 fully saturated rings. The molecular formula is C20H20F3NO2. The van der Waals surface area contributed by atoms with Crippen molar-refractivity contribution in [1.29, 1.82) is 0 Å². The maximum atomic E-state index is 13.0. The fourth-order valence-electron chi connectivity index (χ4n) is 3.11. The highest BCUT2D eigenvalue weighted by Crippen LogP contribution is 2.34. The van der Waals surface area contributed by atoms with Crippen LogP contribution < -0.4 is 10.1 Å². The first-order valence-corrected chi connectivity index (χ1v) is 8.60. The summed E-state index contributed by atoms with van der Waals surface area (Å²) in [6.07, 6.45) is -1.14. The Morgan fingerprint density at radius 2 is 1.77 bits per heavy atom. The monoisotopic (exact) mass is 363 g/mol. The van der Waals surface area contributed by atoms with E-state index in [0.717, 1.165) is 25.3 Å². The Kier molecular flexibility index (Phi) is 5.20. The van der Waals surface area contributed by atoms with E-state index in [-0.39, 0.29) is 5.69 Å². The quantitative estimate of drug-likeness (QED) is 0.831. The molecule has 0 bridgehead atoms. The lowest BCUT2D eigenvalue weighted by Gasteiger charge is -2.20. The van der Waals surface area contributed by atoms with Crippen LogP contribution in [0.5, 0.6) is 5.75 Å². The molecule has 0 heterocycles. The molecule has 0 aliphatic heterocycles. The van der Waals surface area contributed by atoms with Crippen molar-refractivity contribution in [3.8, 4) is 5.75 Å². The van der Waals surface area contributed by atoms with Crippen LogP contribution in [-0.2, 0) is 23.8 Å². The number of ether oxygens (including phenoxy) is 1. The van der Waals surface area contributed by atoms with Crippen molar-refractivity contribution >= 4 is 11.6 Å². The van der Waals surface area contributed by atoms with Crippen molar-refractivity contribution in [1.82, 2.24) is 0 Å². The number of aryl methyl sites for hydroxylation is 2. The van der Waals surface area contributed by atoms with Crippen LogP contribution in [0, 0.1) is 0 Å². The minimum atomic E-state index is -4.54. The number of alkyl halides is 3. The molecule has 6 heteroatoms. The molecule has 3 rings (SSSR count). The number of halogens is 3. The molecule has 3 nitrogen and oxygen atoms in total. The standard InChI is InChI=1S/C20H20F3NO2/c1-13(26-16-11-10-14-6-2-3-7-15(14)12-16)19(25)24-18-9-5-4-8-17(18)20(21,22)23/h4-5,8-13H,2-3,6-7H2,1H3,(H,24,25)/t13-/m1/s1. The topological polar surface area (TPSA) is 38.3 Å². The van der Waals surface area contributed by atoms with Gasteiger partial charge in [-0.25, -0.2) is 0 Å². The number of fused-ring (bicyclic) bond motifs is 1. The molecule has 1 atom stereocenters. The first kappa shape index (κ1) is 18.3. The zero-order valence-electron chi connectivity index (χ0n) is 14.4. The van der Waals surface area contributed by atoms with E-state index in [1.165, 1.54) is 42.7 Å². The van der Waals surface area contributed by atoms with E-state index in [0.29, 0.717) is 5.75 Å². The number of hydrogen-bond acceptors (Lipinski definition) is 2. The molecule has 1 amide bonds. The minimum Gasteiger partial charge on any atom is -0.481 e. The van der Waals surface area contributed by atoms with Crippen molar-refractivity contribution in [2.45, 2.75) is 44.9 Å². The van der Waals surface area contributed by atoms with Gasteiger partial charge in [-0.3, -0.25) is 4.79 Å². The van der Waals surface area contributed by atoms with Crippen LogP contribution in [0.25, 0.3) is 0 Å². The molecule has 1 N–H and O–H groups in total. The van der Waals surface area contributed by atoms with Gasteiger partial charge in [0.1, 0.15) is 5.75 Å². The Morgan fingerprint density at radius 3 is 2.50 bits per heavy atom. The first-order chi connectivity index (χ1) is 12.3. The summed E-state index contributed by atoms with van der Waals surface area (Å²) in [5, 5.41) is 2.32. The Morgan fingerprint density at radius 1 is 1.08 bits per heavy atom. The van der Waals surface area contributed by atoms with E-state index in [4.69, 9.17) is 4.74 Å². The zero-order valence-corrected chi connectivity index (χ0v) is 14.4. The Bertz CT molecular complexity index is 802. The van der Waals surface area contributed by atoms with Crippen LogP contribution in [0.2, 0.25) is 0 Å². The number of para-hydroxylation sites is 1. The van der Waals surface area contributed by atoms with Crippen LogP contribution in [0.1, 0.15) is 36.5 Å².